The van der Waals surface area contributed by atoms with Crippen LogP contribution in [0.5, 0.6) is 0 Å². The third-order valence-corrected chi connectivity index (χ3v) is 3.92. The zero-order chi connectivity index (χ0) is 13.1. The van der Waals surface area contributed by atoms with Crippen LogP contribution in [0.25, 0.3) is 0 Å². The maximum Gasteiger partial charge on any atom is 0.0537 e. The standard InChI is InChI=1S/C14H26N4/c1-11(2)15-7-13-5-6-18(9-13)10-14-8-16-17(4)12(14)3/h8,11,13,15H,5-7,9-10H2,1-4H3. The molecule has 0 bridgehead atoms. The summed E-state index contributed by atoms with van der Waals surface area (Å²) in [5.74, 6) is 0.810. The summed E-state index contributed by atoms with van der Waals surface area (Å²) in [4.78, 5) is 2.55. The lowest BCUT2D eigenvalue weighted by molar-refractivity contribution is 0.312. The summed E-state index contributed by atoms with van der Waals surface area (Å²) in [6.07, 6.45) is 3.33. The minimum absolute atomic E-state index is 0.597. The van der Waals surface area contributed by atoms with E-state index < -0.39 is 0 Å². The lowest BCUT2D eigenvalue weighted by Crippen LogP contribution is -2.30. The average molecular weight is 250 g/mol. The van der Waals surface area contributed by atoms with E-state index in [2.05, 4.69) is 36.1 Å². The molecule has 1 aromatic heterocycles. The highest BCUT2D eigenvalue weighted by Gasteiger charge is 2.23. The number of hydrogen-bond donors (Lipinski definition) is 1. The SMILES string of the molecule is Cc1c(CN2CCC(CNC(C)C)C2)cnn1C. The Morgan fingerprint density at radius 2 is 2.28 bits per heavy atom. The molecular formula is C14H26N4. The molecule has 0 amide bonds. The Morgan fingerprint density at radius 1 is 1.50 bits per heavy atom. The van der Waals surface area contributed by atoms with Crippen molar-refractivity contribution in [3.8, 4) is 0 Å². The van der Waals surface area contributed by atoms with Gasteiger partial charge in [0.15, 0.2) is 0 Å². The summed E-state index contributed by atoms with van der Waals surface area (Å²) in [5.41, 5.74) is 2.66. The molecule has 2 rings (SSSR count). The van der Waals surface area contributed by atoms with Crippen LogP contribution in [0.2, 0.25) is 0 Å². The van der Waals surface area contributed by atoms with Gasteiger partial charge in [0, 0.05) is 37.4 Å². The normalized spacial score (nSPS) is 21.1. The molecule has 4 heteroatoms. The molecular weight excluding hydrogens is 224 g/mol. The van der Waals surface area contributed by atoms with Gasteiger partial charge >= 0.3 is 0 Å². The number of likely N-dealkylation sites (tertiary alicyclic amines) is 1. The molecule has 1 saturated heterocycles. The molecule has 102 valence electrons. The Kier molecular flexibility index (Phi) is 4.40. The number of rotatable bonds is 5. The highest BCUT2D eigenvalue weighted by atomic mass is 15.3. The minimum atomic E-state index is 0.597. The van der Waals surface area contributed by atoms with E-state index in [0.717, 1.165) is 19.0 Å². The molecule has 1 aromatic rings. The first kappa shape index (κ1) is 13.6. The van der Waals surface area contributed by atoms with Crippen molar-refractivity contribution in [1.82, 2.24) is 20.0 Å². The van der Waals surface area contributed by atoms with E-state index in [-0.39, 0.29) is 0 Å². The lowest BCUT2D eigenvalue weighted by Gasteiger charge is -2.17. The molecule has 1 N–H and O–H groups in total. The van der Waals surface area contributed by atoms with Crippen molar-refractivity contribution < 1.29 is 0 Å². The summed E-state index contributed by atoms with van der Waals surface area (Å²) in [6, 6.07) is 0.597. The molecule has 0 aliphatic carbocycles. The second-order valence-electron chi connectivity index (χ2n) is 5.83. The van der Waals surface area contributed by atoms with Crippen molar-refractivity contribution in [1.29, 1.82) is 0 Å². The van der Waals surface area contributed by atoms with Gasteiger partial charge in [0.2, 0.25) is 0 Å². The molecule has 0 radical (unpaired) electrons. The van der Waals surface area contributed by atoms with Crippen LogP contribution >= 0.6 is 0 Å². The predicted molar refractivity (Wildman–Crippen MR) is 74.5 cm³/mol. The number of nitrogens with one attached hydrogen (secondary N) is 1. The second-order valence-corrected chi connectivity index (χ2v) is 5.83. The van der Waals surface area contributed by atoms with Crippen LogP contribution in [-0.4, -0.2) is 40.4 Å². The quantitative estimate of drug-likeness (QED) is 0.861. The maximum absolute atomic E-state index is 4.31. The third kappa shape index (κ3) is 3.33. The zero-order valence-corrected chi connectivity index (χ0v) is 12.1. The molecule has 2 heterocycles. The molecule has 0 aromatic carbocycles. The first-order chi connectivity index (χ1) is 8.56. The van der Waals surface area contributed by atoms with Gasteiger partial charge in [0.25, 0.3) is 0 Å². The van der Waals surface area contributed by atoms with Gasteiger partial charge in [-0.1, -0.05) is 13.8 Å². The largest absolute Gasteiger partial charge is 0.314 e. The van der Waals surface area contributed by atoms with Crippen molar-refractivity contribution in [2.75, 3.05) is 19.6 Å². The Morgan fingerprint density at radius 3 is 2.89 bits per heavy atom. The van der Waals surface area contributed by atoms with E-state index in [1.807, 2.05) is 17.9 Å². The molecule has 1 unspecified atom stereocenters. The first-order valence-corrected chi connectivity index (χ1v) is 6.99. The highest BCUT2D eigenvalue weighted by molar-refractivity contribution is 5.15. The molecule has 0 saturated carbocycles. The predicted octanol–water partition coefficient (Wildman–Crippen LogP) is 1.55. The van der Waals surface area contributed by atoms with Gasteiger partial charge in [0.05, 0.1) is 6.20 Å². The fourth-order valence-corrected chi connectivity index (χ4v) is 2.57. The van der Waals surface area contributed by atoms with E-state index in [9.17, 15) is 0 Å². The summed E-state index contributed by atoms with van der Waals surface area (Å²) >= 11 is 0. The van der Waals surface area contributed by atoms with Crippen LogP contribution in [0.1, 0.15) is 31.5 Å². The van der Waals surface area contributed by atoms with Crippen LogP contribution in [0.3, 0.4) is 0 Å². The molecule has 1 aliphatic rings. The van der Waals surface area contributed by atoms with E-state index >= 15 is 0 Å². The van der Waals surface area contributed by atoms with Crippen LogP contribution in [0.15, 0.2) is 6.20 Å². The number of aryl methyl sites for hydroxylation is 1. The van der Waals surface area contributed by atoms with Crippen molar-refractivity contribution in [3.05, 3.63) is 17.5 Å². The Labute approximate surface area is 110 Å². The average Bonchev–Trinajstić information content (AvgIpc) is 2.89. The van der Waals surface area contributed by atoms with Gasteiger partial charge in [0.1, 0.15) is 0 Å². The fraction of sp³-hybridized carbons (Fsp3) is 0.786. The van der Waals surface area contributed by atoms with Gasteiger partial charge < -0.3 is 5.32 Å². The minimum Gasteiger partial charge on any atom is -0.314 e. The maximum atomic E-state index is 4.31. The van der Waals surface area contributed by atoms with E-state index in [4.69, 9.17) is 0 Å². The topological polar surface area (TPSA) is 33.1 Å². The molecule has 4 nitrogen and oxygen atoms in total. The van der Waals surface area contributed by atoms with Gasteiger partial charge in [-0.15, -0.1) is 0 Å². The smallest absolute Gasteiger partial charge is 0.0537 e. The summed E-state index contributed by atoms with van der Waals surface area (Å²) in [5, 5.41) is 7.86. The summed E-state index contributed by atoms with van der Waals surface area (Å²) in [7, 11) is 2.01. The molecule has 0 spiro atoms. The number of hydrogen-bond acceptors (Lipinski definition) is 3. The number of nitrogens with zero attached hydrogens (tertiary/aromatic N) is 3. The second kappa shape index (κ2) is 5.85. The van der Waals surface area contributed by atoms with E-state index in [0.29, 0.717) is 6.04 Å². The van der Waals surface area contributed by atoms with Crippen LogP contribution in [-0.2, 0) is 13.6 Å². The van der Waals surface area contributed by atoms with Gasteiger partial charge in [-0.3, -0.25) is 9.58 Å². The monoisotopic (exact) mass is 250 g/mol. The first-order valence-electron chi connectivity index (χ1n) is 6.99. The number of aromatic nitrogens is 2. The third-order valence-electron chi connectivity index (χ3n) is 3.92. The van der Waals surface area contributed by atoms with Crippen molar-refractivity contribution in [2.45, 2.75) is 39.8 Å². The van der Waals surface area contributed by atoms with Gasteiger partial charge in [-0.2, -0.15) is 5.10 Å². The molecule has 1 fully saturated rings. The molecule has 1 atom stereocenters. The van der Waals surface area contributed by atoms with Crippen molar-refractivity contribution in [2.24, 2.45) is 13.0 Å². The van der Waals surface area contributed by atoms with E-state index in [1.165, 1.54) is 30.8 Å². The van der Waals surface area contributed by atoms with Crippen molar-refractivity contribution >= 4 is 0 Å². The Hall–Kier alpha value is -0.870. The van der Waals surface area contributed by atoms with Gasteiger partial charge in [-0.25, -0.2) is 0 Å². The lowest BCUT2D eigenvalue weighted by atomic mass is 10.1. The van der Waals surface area contributed by atoms with Crippen LogP contribution in [0.4, 0.5) is 0 Å². The van der Waals surface area contributed by atoms with E-state index in [1.54, 1.807) is 0 Å². The van der Waals surface area contributed by atoms with Crippen LogP contribution < -0.4 is 5.32 Å². The summed E-state index contributed by atoms with van der Waals surface area (Å²) in [6.45, 7) is 11.2. The van der Waals surface area contributed by atoms with Crippen LogP contribution in [0, 0.1) is 12.8 Å². The summed E-state index contributed by atoms with van der Waals surface area (Å²) < 4.78 is 1.96. The Balaban J connectivity index is 1.81. The molecule has 1 aliphatic heterocycles. The molecule has 18 heavy (non-hydrogen) atoms. The fourth-order valence-electron chi connectivity index (χ4n) is 2.57. The zero-order valence-electron chi connectivity index (χ0n) is 12.1. The van der Waals surface area contributed by atoms with Gasteiger partial charge in [-0.05, 0) is 32.4 Å². The Bertz CT molecular complexity index is 383. The van der Waals surface area contributed by atoms with Crippen molar-refractivity contribution in [3.63, 3.8) is 0 Å². The highest BCUT2D eigenvalue weighted by Crippen LogP contribution is 2.19.